The lowest BCUT2D eigenvalue weighted by Crippen LogP contribution is -2.67. The second kappa shape index (κ2) is 8.36. The Labute approximate surface area is 191 Å². The van der Waals surface area contributed by atoms with Crippen molar-refractivity contribution < 1.29 is 9.59 Å². The predicted molar refractivity (Wildman–Crippen MR) is 126 cm³/mol. The molecule has 2 amide bonds. The minimum Gasteiger partial charge on any atom is -0.341 e. The molecule has 0 aromatic heterocycles. The van der Waals surface area contributed by atoms with Gasteiger partial charge >= 0.3 is 0 Å². The van der Waals surface area contributed by atoms with Crippen LogP contribution in [0.5, 0.6) is 0 Å². The summed E-state index contributed by atoms with van der Waals surface area (Å²) in [6.45, 7) is 6.68. The molecule has 3 heterocycles. The third-order valence-corrected chi connectivity index (χ3v) is 7.79. The molecule has 0 N–H and O–H groups in total. The molecule has 5 heteroatoms. The molecule has 0 radical (unpaired) electrons. The van der Waals surface area contributed by atoms with Crippen LogP contribution in [0.15, 0.2) is 60.7 Å². The SMILES string of the molecule is CC(C)N1CCCC1C(=O)N1CCC2(CC1)C(=O)N(c1ccccc1)C2c1ccccc1. The summed E-state index contributed by atoms with van der Waals surface area (Å²) >= 11 is 0. The average molecular weight is 432 g/mol. The standard InChI is InChI=1S/C27H33N3O2/c1-20(2)29-17-9-14-23(29)25(31)28-18-15-27(16-19-28)24(21-10-5-3-6-11-21)30(26(27)32)22-12-7-4-8-13-22/h3-8,10-13,20,23-24H,9,14-19H2,1-2H3. The van der Waals surface area contributed by atoms with E-state index in [0.29, 0.717) is 19.1 Å². The van der Waals surface area contributed by atoms with Gasteiger partial charge in [0.15, 0.2) is 0 Å². The number of nitrogens with zero attached hydrogens (tertiary/aromatic N) is 3. The highest BCUT2D eigenvalue weighted by Crippen LogP contribution is 2.57. The molecule has 5 rings (SSSR count). The third kappa shape index (κ3) is 3.34. The first kappa shape index (κ1) is 21.2. The zero-order valence-corrected chi connectivity index (χ0v) is 19.1. The van der Waals surface area contributed by atoms with Crippen molar-refractivity contribution in [2.45, 2.75) is 57.7 Å². The van der Waals surface area contributed by atoms with Crippen LogP contribution in [0.4, 0.5) is 5.69 Å². The lowest BCUT2D eigenvalue weighted by Gasteiger charge is -2.59. The Kier molecular flexibility index (Phi) is 5.54. The van der Waals surface area contributed by atoms with E-state index < -0.39 is 5.41 Å². The lowest BCUT2D eigenvalue weighted by molar-refractivity contribution is -0.151. The molecule has 32 heavy (non-hydrogen) atoms. The summed E-state index contributed by atoms with van der Waals surface area (Å²) < 4.78 is 0. The summed E-state index contributed by atoms with van der Waals surface area (Å²) in [4.78, 5) is 33.3. The van der Waals surface area contributed by atoms with E-state index in [1.807, 2.05) is 58.3 Å². The number of likely N-dealkylation sites (tertiary alicyclic amines) is 2. The molecular weight excluding hydrogens is 398 g/mol. The number of hydrogen-bond donors (Lipinski definition) is 0. The molecule has 1 spiro atoms. The Morgan fingerprint density at radius 1 is 0.938 bits per heavy atom. The van der Waals surface area contributed by atoms with Crippen LogP contribution in [0.1, 0.15) is 51.1 Å². The Bertz CT molecular complexity index is 967. The van der Waals surface area contributed by atoms with E-state index >= 15 is 0 Å². The fourth-order valence-corrected chi connectivity index (χ4v) is 6.11. The van der Waals surface area contributed by atoms with Gasteiger partial charge in [0.05, 0.1) is 17.5 Å². The molecule has 0 saturated carbocycles. The van der Waals surface area contributed by atoms with Gasteiger partial charge in [0.1, 0.15) is 0 Å². The van der Waals surface area contributed by atoms with Gasteiger partial charge in [-0.05, 0) is 63.8 Å². The number of hydrogen-bond acceptors (Lipinski definition) is 3. The zero-order valence-electron chi connectivity index (χ0n) is 19.1. The normalized spacial score (nSPS) is 25.4. The van der Waals surface area contributed by atoms with Gasteiger partial charge < -0.3 is 9.80 Å². The fourth-order valence-electron chi connectivity index (χ4n) is 6.11. The molecule has 5 nitrogen and oxygen atoms in total. The first-order valence-electron chi connectivity index (χ1n) is 12.0. The maximum absolute atomic E-state index is 13.6. The largest absolute Gasteiger partial charge is 0.341 e. The molecule has 3 aliphatic rings. The van der Waals surface area contributed by atoms with Crippen molar-refractivity contribution in [1.29, 1.82) is 0 Å². The Morgan fingerprint density at radius 3 is 2.19 bits per heavy atom. The van der Waals surface area contributed by atoms with Crippen LogP contribution < -0.4 is 4.90 Å². The first-order chi connectivity index (χ1) is 15.5. The number of anilines is 1. The summed E-state index contributed by atoms with van der Waals surface area (Å²) in [6.07, 6.45) is 3.50. The summed E-state index contributed by atoms with van der Waals surface area (Å²) in [5.41, 5.74) is 1.72. The average Bonchev–Trinajstić information content (AvgIpc) is 3.33. The van der Waals surface area contributed by atoms with Crippen molar-refractivity contribution in [3.8, 4) is 0 Å². The van der Waals surface area contributed by atoms with Gasteiger partial charge in [-0.3, -0.25) is 14.5 Å². The third-order valence-electron chi connectivity index (χ3n) is 7.79. The maximum atomic E-state index is 13.6. The van der Waals surface area contributed by atoms with E-state index in [4.69, 9.17) is 0 Å². The zero-order chi connectivity index (χ0) is 22.3. The quantitative estimate of drug-likeness (QED) is 0.680. The van der Waals surface area contributed by atoms with E-state index in [1.165, 1.54) is 5.56 Å². The maximum Gasteiger partial charge on any atom is 0.239 e. The van der Waals surface area contributed by atoms with Crippen LogP contribution in [-0.2, 0) is 9.59 Å². The minimum absolute atomic E-state index is 0.00637. The molecule has 2 unspecified atom stereocenters. The number of carbonyl (C=O) groups is 2. The first-order valence-corrected chi connectivity index (χ1v) is 12.0. The minimum atomic E-state index is -0.415. The van der Waals surface area contributed by atoms with Crippen LogP contribution in [0.25, 0.3) is 0 Å². The molecule has 3 aliphatic heterocycles. The Hall–Kier alpha value is -2.66. The second-order valence-electron chi connectivity index (χ2n) is 9.79. The van der Waals surface area contributed by atoms with E-state index in [2.05, 4.69) is 30.9 Å². The fraction of sp³-hybridized carbons (Fsp3) is 0.481. The van der Waals surface area contributed by atoms with E-state index in [-0.39, 0.29) is 23.9 Å². The molecule has 0 bridgehead atoms. The molecule has 0 aliphatic carbocycles. The number of rotatable bonds is 4. The summed E-state index contributed by atoms with van der Waals surface area (Å²) in [6, 6.07) is 20.8. The van der Waals surface area contributed by atoms with Crippen molar-refractivity contribution in [3.05, 3.63) is 66.2 Å². The second-order valence-corrected chi connectivity index (χ2v) is 9.79. The Morgan fingerprint density at radius 2 is 1.56 bits per heavy atom. The topological polar surface area (TPSA) is 43.9 Å². The molecule has 2 aromatic carbocycles. The number of carbonyl (C=O) groups excluding carboxylic acids is 2. The molecule has 3 saturated heterocycles. The summed E-state index contributed by atoms with van der Waals surface area (Å²) in [5, 5.41) is 0. The van der Waals surface area contributed by atoms with Crippen LogP contribution in [0.2, 0.25) is 0 Å². The van der Waals surface area contributed by atoms with Crippen molar-refractivity contribution in [2.24, 2.45) is 5.41 Å². The van der Waals surface area contributed by atoms with Crippen LogP contribution >= 0.6 is 0 Å². The highest BCUT2D eigenvalue weighted by molar-refractivity contribution is 6.06. The number of para-hydroxylation sites is 1. The van der Waals surface area contributed by atoms with Gasteiger partial charge in [-0.25, -0.2) is 0 Å². The van der Waals surface area contributed by atoms with Crippen molar-refractivity contribution in [1.82, 2.24) is 9.80 Å². The molecular formula is C27H33N3O2. The van der Waals surface area contributed by atoms with Gasteiger partial charge in [-0.1, -0.05) is 48.5 Å². The summed E-state index contributed by atoms with van der Waals surface area (Å²) in [5.74, 6) is 0.461. The van der Waals surface area contributed by atoms with Crippen molar-refractivity contribution >= 4 is 17.5 Å². The van der Waals surface area contributed by atoms with Crippen molar-refractivity contribution in [2.75, 3.05) is 24.5 Å². The van der Waals surface area contributed by atoms with Gasteiger partial charge in [0.25, 0.3) is 0 Å². The summed E-state index contributed by atoms with van der Waals surface area (Å²) in [7, 11) is 0. The monoisotopic (exact) mass is 431 g/mol. The van der Waals surface area contributed by atoms with Crippen molar-refractivity contribution in [3.63, 3.8) is 0 Å². The molecule has 3 fully saturated rings. The van der Waals surface area contributed by atoms with Gasteiger partial charge in [-0.15, -0.1) is 0 Å². The van der Waals surface area contributed by atoms with E-state index in [1.54, 1.807) is 0 Å². The smallest absolute Gasteiger partial charge is 0.239 e. The number of β-lactam (4-membered cyclic amide) rings is 1. The molecule has 2 aromatic rings. The van der Waals surface area contributed by atoms with E-state index in [9.17, 15) is 9.59 Å². The van der Waals surface area contributed by atoms with Gasteiger partial charge in [0.2, 0.25) is 11.8 Å². The van der Waals surface area contributed by atoms with Gasteiger partial charge in [0, 0.05) is 24.8 Å². The highest BCUT2D eigenvalue weighted by Gasteiger charge is 2.62. The van der Waals surface area contributed by atoms with Crippen LogP contribution in [0, 0.1) is 5.41 Å². The highest BCUT2D eigenvalue weighted by atomic mass is 16.2. The number of benzene rings is 2. The van der Waals surface area contributed by atoms with E-state index in [0.717, 1.165) is 37.9 Å². The molecule has 168 valence electrons. The van der Waals surface area contributed by atoms with Crippen LogP contribution in [0.3, 0.4) is 0 Å². The van der Waals surface area contributed by atoms with Crippen LogP contribution in [-0.4, -0.2) is 53.3 Å². The Balaban J connectivity index is 1.37. The number of piperidine rings is 1. The lowest BCUT2D eigenvalue weighted by atomic mass is 9.62. The van der Waals surface area contributed by atoms with Gasteiger partial charge in [-0.2, -0.15) is 0 Å². The predicted octanol–water partition coefficient (Wildman–Crippen LogP) is 4.26. The molecule has 2 atom stereocenters. The number of amides is 2.